The highest BCUT2D eigenvalue weighted by Crippen LogP contribution is 2.33. The molecule has 0 saturated heterocycles. The molecule has 1 aromatic carbocycles. The number of amides is 1. The van der Waals surface area contributed by atoms with Gasteiger partial charge >= 0.3 is 0 Å². The number of pyridine rings is 2. The van der Waals surface area contributed by atoms with Crippen molar-refractivity contribution < 1.29 is 13.2 Å². The number of nitrogens with one attached hydrogen (secondary N) is 2. The summed E-state index contributed by atoms with van der Waals surface area (Å²) in [4.78, 5) is 29.5. The predicted octanol–water partition coefficient (Wildman–Crippen LogP) is 4.14. The zero-order valence-corrected chi connectivity index (χ0v) is 22.6. The molecule has 1 amide bonds. The summed E-state index contributed by atoms with van der Waals surface area (Å²) >= 11 is 1.75. The fourth-order valence-electron chi connectivity index (χ4n) is 3.91. The quantitative estimate of drug-likeness (QED) is 0.303. The van der Waals surface area contributed by atoms with E-state index in [4.69, 9.17) is 0 Å². The molecule has 9 nitrogen and oxygen atoms in total. The number of carbonyl (C=O) groups excluding carboxylic acids is 1. The third-order valence-electron chi connectivity index (χ3n) is 6.15. The molecule has 0 aliphatic rings. The van der Waals surface area contributed by atoms with Crippen molar-refractivity contribution in [2.75, 3.05) is 24.5 Å². The number of carbonyl (C=O) groups is 1. The van der Waals surface area contributed by atoms with E-state index in [0.717, 1.165) is 22.7 Å². The standard InChI is InChI=1S/C26H28N6O3S2/c1-16(19-6-5-7-20-21(26(33)27-3)10-11-28-25(19)20)17(2)36-15-32-23-12-22(30-14-31-23)18-8-9-24(29-13-18)37(4,34)35/h5-14,16-17H,15H2,1-4H3,(H,27,33)(H,30,31,32)/t16?,17-/m0/s1. The zero-order chi connectivity index (χ0) is 26.6. The van der Waals surface area contributed by atoms with Crippen molar-refractivity contribution in [3.05, 3.63) is 72.3 Å². The molecule has 3 aromatic heterocycles. The molecule has 2 N–H and O–H groups in total. The second-order valence-corrected chi connectivity index (χ2v) is 11.9. The fourth-order valence-corrected chi connectivity index (χ4v) is 5.40. The van der Waals surface area contributed by atoms with Gasteiger partial charge in [-0.3, -0.25) is 9.78 Å². The molecule has 0 spiro atoms. The molecule has 0 aliphatic carbocycles. The van der Waals surface area contributed by atoms with Gasteiger partial charge in [-0.05, 0) is 29.7 Å². The van der Waals surface area contributed by atoms with E-state index in [1.165, 1.54) is 18.6 Å². The van der Waals surface area contributed by atoms with Crippen molar-refractivity contribution in [1.82, 2.24) is 25.3 Å². The monoisotopic (exact) mass is 536 g/mol. The Hall–Kier alpha value is -3.57. The summed E-state index contributed by atoms with van der Waals surface area (Å²) in [5.41, 5.74) is 3.90. The van der Waals surface area contributed by atoms with E-state index in [9.17, 15) is 13.2 Å². The number of thioether (sulfide) groups is 1. The zero-order valence-electron chi connectivity index (χ0n) is 21.0. The Morgan fingerprint density at radius 1 is 1.05 bits per heavy atom. The highest BCUT2D eigenvalue weighted by Gasteiger charge is 2.20. The van der Waals surface area contributed by atoms with Crippen molar-refractivity contribution >= 4 is 44.2 Å². The first kappa shape index (κ1) is 26.5. The van der Waals surface area contributed by atoms with Gasteiger partial charge in [-0.2, -0.15) is 0 Å². The topological polar surface area (TPSA) is 127 Å². The minimum absolute atomic E-state index is 0.0226. The summed E-state index contributed by atoms with van der Waals surface area (Å²) in [7, 11) is -1.73. The number of benzene rings is 1. The van der Waals surface area contributed by atoms with Crippen LogP contribution in [-0.2, 0) is 9.84 Å². The lowest BCUT2D eigenvalue weighted by Gasteiger charge is -2.22. The van der Waals surface area contributed by atoms with Gasteiger partial charge in [0.25, 0.3) is 5.91 Å². The Morgan fingerprint density at radius 2 is 1.86 bits per heavy atom. The van der Waals surface area contributed by atoms with E-state index in [0.29, 0.717) is 28.5 Å². The summed E-state index contributed by atoms with van der Waals surface area (Å²) in [6.45, 7) is 4.33. The summed E-state index contributed by atoms with van der Waals surface area (Å²) in [5, 5.41) is 7.13. The van der Waals surface area contributed by atoms with Crippen LogP contribution in [0.2, 0.25) is 0 Å². The molecule has 37 heavy (non-hydrogen) atoms. The highest BCUT2D eigenvalue weighted by molar-refractivity contribution is 8.00. The van der Waals surface area contributed by atoms with E-state index in [-0.39, 0.29) is 22.1 Å². The van der Waals surface area contributed by atoms with Gasteiger partial charge in [-0.25, -0.2) is 23.4 Å². The van der Waals surface area contributed by atoms with Crippen molar-refractivity contribution in [1.29, 1.82) is 0 Å². The number of sulfone groups is 1. The summed E-state index contributed by atoms with van der Waals surface area (Å²) < 4.78 is 23.3. The van der Waals surface area contributed by atoms with E-state index in [1.807, 2.05) is 12.1 Å². The molecule has 0 saturated carbocycles. The van der Waals surface area contributed by atoms with E-state index >= 15 is 0 Å². The Labute approximate surface area is 220 Å². The largest absolute Gasteiger partial charge is 0.361 e. The molecule has 2 atom stereocenters. The third kappa shape index (κ3) is 6.05. The fraction of sp³-hybridized carbons (Fsp3) is 0.269. The van der Waals surface area contributed by atoms with Crippen LogP contribution in [0.25, 0.3) is 22.2 Å². The van der Waals surface area contributed by atoms with Gasteiger partial charge in [0.05, 0.1) is 22.7 Å². The number of hydrogen-bond donors (Lipinski definition) is 2. The minimum Gasteiger partial charge on any atom is -0.361 e. The molecule has 3 heterocycles. The lowest BCUT2D eigenvalue weighted by atomic mass is 9.94. The second-order valence-electron chi connectivity index (χ2n) is 8.61. The molecule has 1 unspecified atom stereocenters. The Morgan fingerprint density at radius 3 is 2.57 bits per heavy atom. The average molecular weight is 537 g/mol. The van der Waals surface area contributed by atoms with Crippen LogP contribution in [0, 0.1) is 0 Å². The molecular weight excluding hydrogens is 508 g/mol. The van der Waals surface area contributed by atoms with Crippen LogP contribution in [-0.4, -0.2) is 58.7 Å². The molecule has 0 aliphatic heterocycles. The van der Waals surface area contributed by atoms with Crippen LogP contribution in [0.3, 0.4) is 0 Å². The van der Waals surface area contributed by atoms with Crippen LogP contribution in [0.15, 0.2) is 66.2 Å². The third-order valence-corrected chi connectivity index (χ3v) is 8.39. The molecule has 0 bridgehead atoms. The van der Waals surface area contributed by atoms with Gasteiger partial charge in [0.1, 0.15) is 12.1 Å². The van der Waals surface area contributed by atoms with Gasteiger partial charge in [0, 0.05) is 48.0 Å². The van der Waals surface area contributed by atoms with E-state index in [1.54, 1.807) is 43.2 Å². The second kappa shape index (κ2) is 11.2. The SMILES string of the molecule is CNC(=O)c1ccnc2c(C(C)[C@H](C)SCNc3cc(-c4ccc(S(C)(=O)=O)nc4)ncn3)cccc12. The predicted molar refractivity (Wildman–Crippen MR) is 147 cm³/mol. The van der Waals surface area contributed by atoms with Crippen LogP contribution in [0.5, 0.6) is 0 Å². The lowest BCUT2D eigenvalue weighted by Crippen LogP contribution is -2.18. The van der Waals surface area contributed by atoms with Crippen molar-refractivity contribution in [3.8, 4) is 11.3 Å². The van der Waals surface area contributed by atoms with Gasteiger partial charge in [0.2, 0.25) is 0 Å². The molecule has 192 valence electrons. The van der Waals surface area contributed by atoms with Crippen LogP contribution >= 0.6 is 11.8 Å². The molecule has 0 radical (unpaired) electrons. The minimum atomic E-state index is -3.36. The van der Waals surface area contributed by atoms with Gasteiger partial charge < -0.3 is 10.6 Å². The number of hydrogen-bond acceptors (Lipinski definition) is 9. The molecule has 4 rings (SSSR count). The van der Waals surface area contributed by atoms with Gasteiger partial charge in [-0.1, -0.05) is 32.0 Å². The normalized spacial score (nSPS) is 13.2. The summed E-state index contributed by atoms with van der Waals surface area (Å²) in [6, 6.07) is 12.7. The summed E-state index contributed by atoms with van der Waals surface area (Å²) in [5.74, 6) is 1.33. The first-order valence-corrected chi connectivity index (χ1v) is 14.6. The smallest absolute Gasteiger partial charge is 0.251 e. The Bertz CT molecular complexity index is 1530. The maximum atomic E-state index is 12.3. The molecule has 11 heteroatoms. The number of rotatable bonds is 9. The number of anilines is 1. The number of nitrogens with zero attached hydrogens (tertiary/aromatic N) is 4. The number of aromatic nitrogens is 4. The van der Waals surface area contributed by atoms with Crippen molar-refractivity contribution in [2.45, 2.75) is 30.0 Å². The Kier molecular flexibility index (Phi) is 8.03. The van der Waals surface area contributed by atoms with Gasteiger partial charge in [0.15, 0.2) is 14.9 Å². The maximum Gasteiger partial charge on any atom is 0.251 e. The first-order valence-electron chi connectivity index (χ1n) is 11.6. The van der Waals surface area contributed by atoms with Crippen LogP contribution in [0.4, 0.5) is 5.82 Å². The highest BCUT2D eigenvalue weighted by atomic mass is 32.2. The average Bonchev–Trinajstić information content (AvgIpc) is 2.91. The maximum absolute atomic E-state index is 12.3. The lowest BCUT2D eigenvalue weighted by molar-refractivity contribution is 0.0964. The van der Waals surface area contributed by atoms with Crippen LogP contribution in [0.1, 0.15) is 35.7 Å². The van der Waals surface area contributed by atoms with Crippen LogP contribution < -0.4 is 10.6 Å². The van der Waals surface area contributed by atoms with E-state index in [2.05, 4.69) is 50.5 Å². The Balaban J connectivity index is 1.43. The van der Waals surface area contributed by atoms with E-state index < -0.39 is 9.84 Å². The molecular formula is C26H28N6O3S2. The summed E-state index contributed by atoms with van der Waals surface area (Å²) in [6.07, 6.45) is 5.76. The van der Waals surface area contributed by atoms with Crippen molar-refractivity contribution in [2.24, 2.45) is 0 Å². The number of para-hydroxylation sites is 1. The number of fused-ring (bicyclic) bond motifs is 1. The first-order chi connectivity index (χ1) is 17.7. The molecule has 0 fully saturated rings. The van der Waals surface area contributed by atoms with Gasteiger partial charge in [-0.15, -0.1) is 11.8 Å². The molecule has 4 aromatic rings. The van der Waals surface area contributed by atoms with Crippen molar-refractivity contribution in [3.63, 3.8) is 0 Å².